The summed E-state index contributed by atoms with van der Waals surface area (Å²) in [6.07, 6.45) is 9.04. The molecule has 0 fully saturated rings. The van der Waals surface area contributed by atoms with Gasteiger partial charge < -0.3 is 15.3 Å². The quantitative estimate of drug-likeness (QED) is 0.162. The first-order valence-electron chi connectivity index (χ1n) is 18.7. The predicted octanol–water partition coefficient (Wildman–Crippen LogP) is 11.5. The fourth-order valence-corrected chi connectivity index (χ4v) is 11.6. The van der Waals surface area contributed by atoms with Gasteiger partial charge in [-0.05, 0) is 122 Å². The van der Waals surface area contributed by atoms with Crippen LogP contribution < -0.4 is 16.0 Å². The second-order valence-corrected chi connectivity index (χ2v) is 18.2. The third kappa shape index (κ3) is 6.43. The molecule has 3 aliphatic heterocycles. The van der Waals surface area contributed by atoms with Gasteiger partial charge in [0.05, 0.1) is 23.7 Å². The van der Waals surface area contributed by atoms with Crippen molar-refractivity contribution in [1.82, 2.24) is 15.3 Å². The number of nitrogens with one attached hydrogen (secondary N) is 3. The second-order valence-electron chi connectivity index (χ2n) is 14.8. The summed E-state index contributed by atoms with van der Waals surface area (Å²) in [5.41, 5.74) is 17.0. The number of nitrogens with zero attached hydrogens (tertiary/aromatic N) is 1. The minimum absolute atomic E-state index is 0.0626. The molecule has 2 aromatic heterocycles. The Labute approximate surface area is 360 Å². The predicted molar refractivity (Wildman–Crippen MR) is 246 cm³/mol. The zero-order valence-electron chi connectivity index (χ0n) is 31.2. The SMILES string of the molecule is Cc1cccc(C)c1C1=c2ccc([nH]2)=C(c2c(Br)cccc2Br)C2=NC(C=C2)C(c2c(C)cccc2C)c2ccc([nH]2)C(c2c(Br)cccc2Br)=C2C=CC1N2. The van der Waals surface area contributed by atoms with Gasteiger partial charge >= 0.3 is 0 Å². The van der Waals surface area contributed by atoms with E-state index in [1.807, 2.05) is 0 Å². The van der Waals surface area contributed by atoms with Gasteiger partial charge in [-0.1, -0.05) is 124 Å². The maximum absolute atomic E-state index is 5.64. The molecule has 8 heteroatoms. The number of benzene rings is 4. The van der Waals surface area contributed by atoms with E-state index in [0.717, 1.165) is 73.7 Å². The molecule has 3 atom stereocenters. The Morgan fingerprint density at radius 2 is 1.11 bits per heavy atom. The van der Waals surface area contributed by atoms with Gasteiger partial charge in [-0.2, -0.15) is 0 Å². The first-order valence-corrected chi connectivity index (χ1v) is 21.9. The van der Waals surface area contributed by atoms with Gasteiger partial charge in [-0.15, -0.1) is 0 Å². The Morgan fingerprint density at radius 3 is 1.75 bits per heavy atom. The molecule has 278 valence electrons. The number of allylic oxidation sites excluding steroid dienone is 2. The minimum Gasteiger partial charge on any atom is -0.374 e. The largest absolute Gasteiger partial charge is 0.374 e. The van der Waals surface area contributed by atoms with E-state index in [4.69, 9.17) is 4.99 Å². The maximum atomic E-state index is 5.64. The lowest BCUT2D eigenvalue weighted by molar-refractivity contribution is 0.686. The van der Waals surface area contributed by atoms with Crippen LogP contribution in [-0.4, -0.2) is 27.8 Å². The second kappa shape index (κ2) is 14.9. The Hall–Kier alpha value is -4.21. The lowest BCUT2D eigenvalue weighted by Crippen LogP contribution is -2.30. The first-order chi connectivity index (χ1) is 27.1. The molecule has 0 aliphatic carbocycles. The van der Waals surface area contributed by atoms with E-state index >= 15 is 0 Å². The summed E-state index contributed by atoms with van der Waals surface area (Å²) >= 11 is 15.7. The number of fused-ring (bicyclic) bond motifs is 7. The Balaban J connectivity index is 1.42. The molecule has 8 bridgehead atoms. The van der Waals surface area contributed by atoms with E-state index in [2.05, 4.69) is 228 Å². The van der Waals surface area contributed by atoms with Crippen LogP contribution in [0.25, 0.3) is 16.7 Å². The molecule has 3 aliphatic rings. The lowest BCUT2D eigenvalue weighted by atomic mass is 9.84. The van der Waals surface area contributed by atoms with Crippen LogP contribution >= 0.6 is 63.7 Å². The first kappa shape index (κ1) is 37.4. The summed E-state index contributed by atoms with van der Waals surface area (Å²) in [5, 5.41) is 6.06. The topological polar surface area (TPSA) is 56.0 Å². The summed E-state index contributed by atoms with van der Waals surface area (Å²) < 4.78 is 4.00. The van der Waals surface area contributed by atoms with Crippen molar-refractivity contribution in [3.05, 3.63) is 212 Å². The molecule has 0 saturated heterocycles. The summed E-state index contributed by atoms with van der Waals surface area (Å²) in [5.74, 6) is -0.0626. The van der Waals surface area contributed by atoms with E-state index in [0.29, 0.717) is 0 Å². The van der Waals surface area contributed by atoms with E-state index in [9.17, 15) is 0 Å². The average molecular weight is 990 g/mol. The van der Waals surface area contributed by atoms with E-state index in [1.54, 1.807) is 0 Å². The van der Waals surface area contributed by atoms with E-state index in [1.165, 1.54) is 39.0 Å². The minimum atomic E-state index is -0.160. The number of halogens is 4. The molecular weight excluding hydrogens is 952 g/mol. The highest BCUT2D eigenvalue weighted by atomic mass is 79.9. The number of hydrogen-bond donors (Lipinski definition) is 3. The number of aryl methyl sites for hydroxylation is 4. The van der Waals surface area contributed by atoms with Gasteiger partial charge in [-0.25, -0.2) is 0 Å². The van der Waals surface area contributed by atoms with Crippen molar-refractivity contribution < 1.29 is 0 Å². The van der Waals surface area contributed by atoms with Crippen molar-refractivity contribution in [3.8, 4) is 0 Å². The summed E-state index contributed by atoms with van der Waals surface area (Å²) in [6, 6.07) is 34.3. The molecule has 0 spiro atoms. The summed E-state index contributed by atoms with van der Waals surface area (Å²) in [4.78, 5) is 13.6. The van der Waals surface area contributed by atoms with Crippen molar-refractivity contribution in [2.45, 2.75) is 45.7 Å². The molecular formula is C48H38Br4N4. The third-order valence-electron chi connectivity index (χ3n) is 11.3. The van der Waals surface area contributed by atoms with Crippen molar-refractivity contribution in [3.63, 3.8) is 0 Å². The van der Waals surface area contributed by atoms with Crippen molar-refractivity contribution in [2.75, 3.05) is 0 Å². The van der Waals surface area contributed by atoms with Crippen molar-refractivity contribution in [2.24, 2.45) is 4.99 Å². The van der Waals surface area contributed by atoms with Crippen LogP contribution in [0.15, 0.2) is 150 Å². The van der Waals surface area contributed by atoms with E-state index < -0.39 is 0 Å². The van der Waals surface area contributed by atoms with Gasteiger partial charge in [0.15, 0.2) is 0 Å². The molecule has 0 amide bonds. The Kier molecular flexibility index (Phi) is 9.97. The van der Waals surface area contributed by atoms with Crippen LogP contribution in [0.2, 0.25) is 0 Å². The Bertz CT molecular complexity index is 2770. The molecule has 6 aromatic rings. The number of hydrogen-bond acceptors (Lipinski definition) is 2. The van der Waals surface area contributed by atoms with Crippen LogP contribution in [-0.2, 0) is 0 Å². The van der Waals surface area contributed by atoms with Gasteiger partial charge in [0, 0.05) is 73.5 Å². The average Bonchev–Trinajstić information content (AvgIpc) is 4.00. The molecule has 5 heterocycles. The third-order valence-corrected chi connectivity index (χ3v) is 13.9. The van der Waals surface area contributed by atoms with Crippen LogP contribution in [0.5, 0.6) is 0 Å². The molecule has 9 rings (SSSR count). The molecule has 4 aromatic carbocycles. The molecule has 3 N–H and O–H groups in total. The highest BCUT2D eigenvalue weighted by Gasteiger charge is 2.33. The number of aliphatic imine (C=N–C) groups is 1. The zero-order valence-corrected chi connectivity index (χ0v) is 37.6. The zero-order chi connectivity index (χ0) is 38.8. The number of H-pyrrole nitrogens is 2. The van der Waals surface area contributed by atoms with Crippen LogP contribution in [0.3, 0.4) is 0 Å². The molecule has 56 heavy (non-hydrogen) atoms. The molecule has 4 nitrogen and oxygen atoms in total. The maximum Gasteiger partial charge on any atom is 0.0814 e. The number of rotatable bonds is 4. The molecule has 0 radical (unpaired) electrons. The highest BCUT2D eigenvalue weighted by molar-refractivity contribution is 9.11. The van der Waals surface area contributed by atoms with Crippen molar-refractivity contribution >= 4 is 86.2 Å². The van der Waals surface area contributed by atoms with Crippen LogP contribution in [0.1, 0.15) is 61.8 Å². The lowest BCUT2D eigenvalue weighted by Gasteiger charge is -2.25. The smallest absolute Gasteiger partial charge is 0.0814 e. The van der Waals surface area contributed by atoms with E-state index in [-0.39, 0.29) is 18.0 Å². The van der Waals surface area contributed by atoms with Gasteiger partial charge in [0.1, 0.15) is 0 Å². The molecule has 3 unspecified atom stereocenters. The molecule has 0 saturated carbocycles. The number of aromatic amines is 2. The normalized spacial score (nSPS) is 18.9. The van der Waals surface area contributed by atoms with Gasteiger partial charge in [0.25, 0.3) is 0 Å². The number of aromatic nitrogens is 2. The Morgan fingerprint density at radius 1 is 0.536 bits per heavy atom. The summed E-state index contributed by atoms with van der Waals surface area (Å²) in [7, 11) is 0. The van der Waals surface area contributed by atoms with Crippen LogP contribution in [0, 0.1) is 27.7 Å². The van der Waals surface area contributed by atoms with Gasteiger partial charge in [-0.3, -0.25) is 4.99 Å². The fourth-order valence-electron chi connectivity index (χ4n) is 8.80. The van der Waals surface area contributed by atoms with Gasteiger partial charge in [0.2, 0.25) is 0 Å². The monoisotopic (exact) mass is 986 g/mol. The van der Waals surface area contributed by atoms with Crippen molar-refractivity contribution in [1.29, 1.82) is 0 Å². The standard InChI is InChI=1S/C48H38Br4N4/c1-25-9-5-10-26(2)41(25)45-33-17-21-37(53-33)47(43-29(49)13-7-14-30(43)50)39-23-19-35(55-39)46(42-27(3)11-6-12-28(42)4)36-20-24-40(56-36)48(38-22-18-34(45)54-38)44-31(51)15-8-16-32(44)52/h5-24,33,36,45,54-56H,1-4H3. The summed E-state index contributed by atoms with van der Waals surface area (Å²) in [6.45, 7) is 8.85. The fraction of sp³-hybridized carbons (Fsp3) is 0.146. The highest BCUT2D eigenvalue weighted by Crippen LogP contribution is 2.42. The van der Waals surface area contributed by atoms with Crippen LogP contribution in [0.4, 0.5) is 0 Å².